The second kappa shape index (κ2) is 7.92. The van der Waals surface area contributed by atoms with Gasteiger partial charge in [-0.15, -0.1) is 0 Å². The van der Waals surface area contributed by atoms with Gasteiger partial charge in [0, 0.05) is 52.9 Å². The first kappa shape index (κ1) is 20.1. The molecule has 7 heteroatoms. The normalized spacial score (nSPS) is 29.9. The first-order valence-electron chi connectivity index (χ1n) is 10.2. The molecule has 154 valence electrons. The highest BCUT2D eigenvalue weighted by atomic mass is 35.5. The van der Waals surface area contributed by atoms with Crippen LogP contribution in [0.2, 0.25) is 10.0 Å². The number of urea groups is 1. The van der Waals surface area contributed by atoms with E-state index >= 15 is 0 Å². The van der Waals surface area contributed by atoms with Crippen LogP contribution in [-0.2, 0) is 0 Å². The highest BCUT2D eigenvalue weighted by Crippen LogP contribution is 2.58. The third-order valence-electron chi connectivity index (χ3n) is 6.70. The molecule has 0 radical (unpaired) electrons. The van der Waals surface area contributed by atoms with Gasteiger partial charge in [-0.1, -0.05) is 29.3 Å². The largest absolute Gasteiger partial charge is 0.368 e. The zero-order valence-corrected chi connectivity index (χ0v) is 18.3. The van der Waals surface area contributed by atoms with E-state index in [-0.39, 0.29) is 6.03 Å². The zero-order chi connectivity index (χ0) is 19.9. The van der Waals surface area contributed by atoms with Gasteiger partial charge in [0.05, 0.1) is 15.7 Å². The van der Waals surface area contributed by atoms with Crippen molar-refractivity contribution in [2.24, 2.45) is 11.3 Å². The number of carbonyl (C=O) groups excluding carboxylic acids is 1. The first-order chi connectivity index (χ1) is 13.3. The van der Waals surface area contributed by atoms with Crippen molar-refractivity contribution < 1.29 is 4.79 Å². The zero-order valence-electron chi connectivity index (χ0n) is 16.8. The van der Waals surface area contributed by atoms with Crippen molar-refractivity contribution in [1.29, 1.82) is 0 Å². The average molecular weight is 425 g/mol. The van der Waals surface area contributed by atoms with Crippen LogP contribution in [0.5, 0.6) is 0 Å². The van der Waals surface area contributed by atoms with E-state index in [1.807, 2.05) is 12.1 Å². The van der Waals surface area contributed by atoms with E-state index in [0.29, 0.717) is 21.5 Å². The smallest absolute Gasteiger partial charge is 0.317 e. The number of nitrogens with one attached hydrogen (secondary N) is 1. The second-order valence-corrected chi connectivity index (χ2v) is 9.87. The Kier molecular flexibility index (Phi) is 5.69. The molecule has 28 heavy (non-hydrogen) atoms. The predicted octanol–water partition coefficient (Wildman–Crippen LogP) is 3.95. The van der Waals surface area contributed by atoms with Crippen LogP contribution in [0, 0.1) is 11.3 Å². The number of carbonyl (C=O) groups is 1. The summed E-state index contributed by atoms with van der Waals surface area (Å²) in [6.45, 7) is 5.35. The summed E-state index contributed by atoms with van der Waals surface area (Å²) in [5.74, 6) is 0.812. The molecule has 2 amide bonds. The molecule has 3 aliphatic rings. The average Bonchev–Trinajstić information content (AvgIpc) is 2.61. The van der Waals surface area contributed by atoms with Gasteiger partial charge >= 0.3 is 6.03 Å². The van der Waals surface area contributed by atoms with Crippen molar-refractivity contribution in [3.8, 4) is 0 Å². The number of piperazine rings is 1. The van der Waals surface area contributed by atoms with E-state index in [2.05, 4.69) is 21.2 Å². The van der Waals surface area contributed by atoms with Crippen molar-refractivity contribution in [3.05, 3.63) is 28.2 Å². The Bertz CT molecular complexity index is 719. The van der Waals surface area contributed by atoms with Gasteiger partial charge in [-0.3, -0.25) is 4.90 Å². The van der Waals surface area contributed by atoms with Crippen molar-refractivity contribution >= 4 is 34.9 Å². The number of benzene rings is 1. The van der Waals surface area contributed by atoms with Crippen LogP contribution in [-0.4, -0.2) is 68.7 Å². The lowest BCUT2D eigenvalue weighted by atomic mass is 9.50. The molecule has 1 spiro atoms. The molecule has 0 atom stereocenters. The lowest BCUT2D eigenvalue weighted by Crippen LogP contribution is -2.59. The minimum Gasteiger partial charge on any atom is -0.368 e. The minimum atomic E-state index is 0.0356. The third-order valence-corrected chi connectivity index (χ3v) is 7.51. The fraction of sp³-hybridized carbons (Fsp3) is 0.667. The molecule has 1 aliphatic heterocycles. The van der Waals surface area contributed by atoms with Gasteiger partial charge < -0.3 is 15.1 Å². The van der Waals surface area contributed by atoms with Crippen molar-refractivity contribution in [2.45, 2.75) is 31.7 Å². The van der Waals surface area contributed by atoms with Crippen LogP contribution in [0.15, 0.2) is 18.2 Å². The molecule has 1 aromatic carbocycles. The molecule has 3 fully saturated rings. The van der Waals surface area contributed by atoms with Crippen LogP contribution < -0.4 is 10.2 Å². The molecule has 1 heterocycles. The maximum absolute atomic E-state index is 11.7. The van der Waals surface area contributed by atoms with Crippen LogP contribution in [0.25, 0.3) is 0 Å². The summed E-state index contributed by atoms with van der Waals surface area (Å²) >= 11 is 12.5. The number of hydrogen-bond donors (Lipinski definition) is 1. The minimum absolute atomic E-state index is 0.0356. The van der Waals surface area contributed by atoms with E-state index in [9.17, 15) is 4.79 Å². The fourth-order valence-corrected chi connectivity index (χ4v) is 5.71. The van der Waals surface area contributed by atoms with Gasteiger partial charge in [0.25, 0.3) is 0 Å². The molecule has 1 aromatic rings. The first-order valence-corrected chi connectivity index (χ1v) is 11.0. The van der Waals surface area contributed by atoms with E-state index in [1.54, 1.807) is 19.0 Å². The second-order valence-electron chi connectivity index (χ2n) is 9.08. The summed E-state index contributed by atoms with van der Waals surface area (Å²) in [4.78, 5) is 18.3. The Balaban J connectivity index is 1.17. The van der Waals surface area contributed by atoms with Crippen LogP contribution in [0.4, 0.5) is 10.5 Å². The summed E-state index contributed by atoms with van der Waals surface area (Å²) in [5, 5.41) is 4.41. The Labute approximate surface area is 177 Å². The molecular weight excluding hydrogens is 395 g/mol. The topological polar surface area (TPSA) is 38.8 Å². The molecule has 0 bridgehead atoms. The standard InChI is InChI=1S/C21H30Cl2N4O/c1-25(2)20(28)24-16-12-21(13-16)10-15(11-21)14-26-6-8-27(9-7-26)18-5-3-4-17(22)19(18)23/h3-5,15-16H,6-14H2,1-2H3,(H,24,28). The molecule has 2 saturated carbocycles. The van der Waals surface area contributed by atoms with Gasteiger partial charge in [0.1, 0.15) is 0 Å². The Morgan fingerprint density at radius 1 is 1.14 bits per heavy atom. The monoisotopic (exact) mass is 424 g/mol. The number of halogens is 2. The van der Waals surface area contributed by atoms with Crippen molar-refractivity contribution in [2.75, 3.05) is 51.7 Å². The van der Waals surface area contributed by atoms with Gasteiger partial charge in [-0.05, 0) is 49.1 Å². The third kappa shape index (κ3) is 4.07. The molecule has 1 N–H and O–H groups in total. The van der Waals surface area contributed by atoms with E-state index in [1.165, 1.54) is 19.4 Å². The summed E-state index contributed by atoms with van der Waals surface area (Å²) in [6.07, 6.45) is 4.96. The van der Waals surface area contributed by atoms with E-state index in [4.69, 9.17) is 23.2 Å². The Hall–Kier alpha value is -1.17. The van der Waals surface area contributed by atoms with Gasteiger partial charge in [-0.25, -0.2) is 4.79 Å². The predicted molar refractivity (Wildman–Crippen MR) is 116 cm³/mol. The van der Waals surface area contributed by atoms with Crippen LogP contribution >= 0.6 is 23.2 Å². The maximum atomic E-state index is 11.7. The molecule has 5 nitrogen and oxygen atoms in total. The van der Waals surface area contributed by atoms with Crippen LogP contribution in [0.1, 0.15) is 25.7 Å². The SMILES string of the molecule is CN(C)C(=O)NC1CC2(CC(CN3CCN(c4cccc(Cl)c4Cl)CC3)C2)C1. The highest BCUT2D eigenvalue weighted by Gasteiger charge is 2.53. The quantitative estimate of drug-likeness (QED) is 0.794. The molecule has 4 rings (SSSR count). The number of anilines is 1. The number of nitrogens with zero attached hydrogens (tertiary/aromatic N) is 3. The van der Waals surface area contributed by atoms with E-state index < -0.39 is 0 Å². The molecule has 2 aliphatic carbocycles. The van der Waals surface area contributed by atoms with Gasteiger partial charge in [0.15, 0.2) is 0 Å². The highest BCUT2D eigenvalue weighted by molar-refractivity contribution is 6.43. The maximum Gasteiger partial charge on any atom is 0.317 e. The van der Waals surface area contributed by atoms with Crippen LogP contribution in [0.3, 0.4) is 0 Å². The van der Waals surface area contributed by atoms with Crippen molar-refractivity contribution in [1.82, 2.24) is 15.1 Å². The summed E-state index contributed by atoms with van der Waals surface area (Å²) in [6, 6.07) is 6.28. The summed E-state index contributed by atoms with van der Waals surface area (Å²) < 4.78 is 0. The lowest BCUT2D eigenvalue weighted by Gasteiger charge is -2.58. The van der Waals surface area contributed by atoms with E-state index in [0.717, 1.165) is 50.6 Å². The van der Waals surface area contributed by atoms with Gasteiger partial charge in [0.2, 0.25) is 0 Å². The van der Waals surface area contributed by atoms with Crippen molar-refractivity contribution in [3.63, 3.8) is 0 Å². The fourth-order valence-electron chi connectivity index (χ4n) is 5.29. The molecule has 0 unspecified atom stereocenters. The number of rotatable bonds is 4. The summed E-state index contributed by atoms with van der Waals surface area (Å²) in [7, 11) is 3.59. The Morgan fingerprint density at radius 2 is 1.82 bits per heavy atom. The molecule has 1 saturated heterocycles. The molecule has 0 aromatic heterocycles. The summed E-state index contributed by atoms with van der Waals surface area (Å²) in [5.41, 5.74) is 1.57. The lowest BCUT2D eigenvalue weighted by molar-refractivity contribution is -0.0573. The number of amides is 2. The van der Waals surface area contributed by atoms with Gasteiger partial charge in [-0.2, -0.15) is 0 Å². The Morgan fingerprint density at radius 3 is 2.46 bits per heavy atom. The number of hydrogen-bond acceptors (Lipinski definition) is 3. The molecular formula is C21H30Cl2N4O.